The van der Waals surface area contributed by atoms with Crippen LogP contribution in [0.2, 0.25) is 10.0 Å². The Hall–Kier alpha value is -1.10. The first-order valence-corrected chi connectivity index (χ1v) is 6.42. The first-order valence-electron chi connectivity index (χ1n) is 4.78. The molecule has 0 aliphatic carbocycles. The lowest BCUT2D eigenvalue weighted by Crippen LogP contribution is -2.14. The van der Waals surface area contributed by atoms with Crippen LogP contribution in [0.15, 0.2) is 29.8 Å². The molecule has 2 aromatic heterocycles. The van der Waals surface area contributed by atoms with Gasteiger partial charge in [-0.2, -0.15) is 0 Å². The lowest BCUT2D eigenvalue weighted by atomic mass is 10.3. The number of nitrogens with one attached hydrogen (secondary N) is 1. The number of anilines is 1. The third kappa shape index (κ3) is 3.43. The van der Waals surface area contributed by atoms with E-state index in [1.165, 1.54) is 23.6 Å². The van der Waals surface area contributed by atoms with Gasteiger partial charge in [0.15, 0.2) is 5.82 Å². The maximum atomic E-state index is 11.7. The van der Waals surface area contributed by atoms with Crippen LogP contribution in [0.25, 0.3) is 0 Å². The van der Waals surface area contributed by atoms with E-state index >= 15 is 0 Å². The molecule has 2 heterocycles. The summed E-state index contributed by atoms with van der Waals surface area (Å²) < 4.78 is 0. The van der Waals surface area contributed by atoms with Gasteiger partial charge in [-0.25, -0.2) is 4.98 Å². The Morgan fingerprint density at radius 1 is 1.47 bits per heavy atom. The Kier molecular flexibility index (Phi) is 3.99. The molecule has 0 saturated heterocycles. The first kappa shape index (κ1) is 12.4. The minimum Gasteiger partial charge on any atom is -0.309 e. The molecule has 3 nitrogen and oxygen atoms in total. The molecule has 0 radical (unpaired) electrons. The third-order valence-corrected chi connectivity index (χ3v) is 3.35. The molecule has 2 rings (SSSR count). The van der Waals surface area contributed by atoms with Crippen LogP contribution in [-0.2, 0) is 11.2 Å². The summed E-state index contributed by atoms with van der Waals surface area (Å²) in [4.78, 5) is 16.6. The van der Waals surface area contributed by atoms with Crippen molar-refractivity contribution in [2.75, 3.05) is 5.32 Å². The van der Waals surface area contributed by atoms with Crippen LogP contribution >= 0.6 is 34.5 Å². The number of hydrogen-bond donors (Lipinski definition) is 1. The van der Waals surface area contributed by atoms with Gasteiger partial charge in [0.2, 0.25) is 5.91 Å². The van der Waals surface area contributed by atoms with Crippen molar-refractivity contribution in [3.05, 3.63) is 44.7 Å². The van der Waals surface area contributed by atoms with E-state index in [4.69, 9.17) is 23.2 Å². The molecule has 0 bridgehead atoms. The second kappa shape index (κ2) is 5.49. The van der Waals surface area contributed by atoms with Gasteiger partial charge in [0.1, 0.15) is 0 Å². The molecule has 1 N–H and O–H groups in total. The minimum atomic E-state index is -0.149. The molecule has 0 atom stereocenters. The topological polar surface area (TPSA) is 42.0 Å². The summed E-state index contributed by atoms with van der Waals surface area (Å²) in [5.74, 6) is 0.182. The van der Waals surface area contributed by atoms with Crippen molar-refractivity contribution in [1.82, 2.24) is 4.98 Å². The van der Waals surface area contributed by atoms with Crippen LogP contribution in [0.4, 0.5) is 5.82 Å². The van der Waals surface area contributed by atoms with Gasteiger partial charge in [0.25, 0.3) is 0 Å². The fraction of sp³-hybridized carbons (Fsp3) is 0.0909. The molecule has 0 saturated carbocycles. The maximum absolute atomic E-state index is 11.7. The van der Waals surface area contributed by atoms with Crippen LogP contribution in [0.5, 0.6) is 0 Å². The Labute approximate surface area is 112 Å². The van der Waals surface area contributed by atoms with Crippen molar-refractivity contribution in [3.63, 3.8) is 0 Å². The van der Waals surface area contributed by atoms with Crippen LogP contribution < -0.4 is 5.32 Å². The minimum absolute atomic E-state index is 0.149. The highest BCUT2D eigenvalue weighted by molar-refractivity contribution is 7.10. The number of nitrogens with zero attached hydrogens (tertiary/aromatic N) is 1. The highest BCUT2D eigenvalue weighted by Crippen LogP contribution is 2.22. The second-order valence-electron chi connectivity index (χ2n) is 3.29. The van der Waals surface area contributed by atoms with E-state index in [1.54, 1.807) is 0 Å². The molecule has 0 aliphatic rings. The molecule has 1 amide bonds. The molecule has 0 aromatic carbocycles. The number of carbonyl (C=O) groups is 1. The molecule has 6 heteroatoms. The maximum Gasteiger partial charge on any atom is 0.230 e. The predicted molar refractivity (Wildman–Crippen MR) is 70.9 cm³/mol. The number of hydrogen-bond acceptors (Lipinski definition) is 3. The van der Waals surface area contributed by atoms with E-state index in [0.717, 1.165) is 4.88 Å². The number of thiophene rings is 1. The zero-order valence-corrected chi connectivity index (χ0v) is 10.9. The standard InChI is InChI=1S/C11H8Cl2N2OS/c12-7-4-9(13)11(14-6-7)15-10(16)5-8-2-1-3-17-8/h1-4,6H,5H2,(H,14,15,16). The van der Waals surface area contributed by atoms with Crippen molar-refractivity contribution in [2.24, 2.45) is 0 Å². The summed E-state index contributed by atoms with van der Waals surface area (Å²) in [5.41, 5.74) is 0. The summed E-state index contributed by atoms with van der Waals surface area (Å²) in [7, 11) is 0. The Morgan fingerprint density at radius 3 is 2.94 bits per heavy atom. The Bertz CT molecular complexity index is 528. The smallest absolute Gasteiger partial charge is 0.230 e. The predicted octanol–water partition coefficient (Wildman–Crippen LogP) is 3.63. The van der Waals surface area contributed by atoms with Crippen LogP contribution in [0, 0.1) is 0 Å². The largest absolute Gasteiger partial charge is 0.309 e. The van der Waals surface area contributed by atoms with Gasteiger partial charge in [-0.15, -0.1) is 11.3 Å². The third-order valence-electron chi connectivity index (χ3n) is 1.98. The summed E-state index contributed by atoms with van der Waals surface area (Å²) in [6, 6.07) is 5.35. The van der Waals surface area contributed by atoms with E-state index in [-0.39, 0.29) is 5.91 Å². The average Bonchev–Trinajstić information content (AvgIpc) is 2.75. The van der Waals surface area contributed by atoms with Crippen molar-refractivity contribution in [1.29, 1.82) is 0 Å². The highest BCUT2D eigenvalue weighted by atomic mass is 35.5. The first-order chi connectivity index (χ1) is 8.15. The fourth-order valence-corrected chi connectivity index (χ4v) is 2.39. The van der Waals surface area contributed by atoms with E-state index in [2.05, 4.69) is 10.3 Å². The number of aromatic nitrogens is 1. The molecular weight excluding hydrogens is 279 g/mol. The van der Waals surface area contributed by atoms with E-state index in [0.29, 0.717) is 22.3 Å². The molecule has 0 unspecified atom stereocenters. The van der Waals surface area contributed by atoms with Crippen molar-refractivity contribution < 1.29 is 4.79 Å². The van der Waals surface area contributed by atoms with Crippen molar-refractivity contribution in [2.45, 2.75) is 6.42 Å². The molecule has 0 fully saturated rings. The quantitative estimate of drug-likeness (QED) is 0.936. The van der Waals surface area contributed by atoms with Gasteiger partial charge >= 0.3 is 0 Å². The Balaban J connectivity index is 2.03. The molecule has 88 valence electrons. The second-order valence-corrected chi connectivity index (χ2v) is 5.16. The summed E-state index contributed by atoms with van der Waals surface area (Å²) >= 11 is 13.1. The van der Waals surface area contributed by atoms with Gasteiger partial charge in [-0.3, -0.25) is 4.79 Å². The van der Waals surface area contributed by atoms with E-state index in [1.807, 2.05) is 17.5 Å². The van der Waals surface area contributed by atoms with Gasteiger partial charge in [-0.05, 0) is 17.5 Å². The number of rotatable bonds is 3. The van der Waals surface area contributed by atoms with Gasteiger partial charge in [0, 0.05) is 11.1 Å². The van der Waals surface area contributed by atoms with Crippen molar-refractivity contribution >= 4 is 46.3 Å². The molecule has 2 aromatic rings. The van der Waals surface area contributed by atoms with Crippen LogP contribution in [-0.4, -0.2) is 10.9 Å². The SMILES string of the molecule is O=C(Cc1cccs1)Nc1ncc(Cl)cc1Cl. The number of pyridine rings is 1. The van der Waals surface area contributed by atoms with E-state index < -0.39 is 0 Å². The molecule has 17 heavy (non-hydrogen) atoms. The van der Waals surface area contributed by atoms with E-state index in [9.17, 15) is 4.79 Å². The van der Waals surface area contributed by atoms with Crippen LogP contribution in [0.3, 0.4) is 0 Å². The van der Waals surface area contributed by atoms with Gasteiger partial charge in [-0.1, -0.05) is 29.3 Å². The summed E-state index contributed by atoms with van der Waals surface area (Å²) in [6.45, 7) is 0. The summed E-state index contributed by atoms with van der Waals surface area (Å²) in [5, 5.41) is 5.34. The average molecular weight is 287 g/mol. The summed E-state index contributed by atoms with van der Waals surface area (Å²) in [6.07, 6.45) is 1.76. The normalized spacial score (nSPS) is 10.2. The number of halogens is 2. The fourth-order valence-electron chi connectivity index (χ4n) is 1.25. The van der Waals surface area contributed by atoms with Gasteiger partial charge in [0.05, 0.1) is 16.5 Å². The van der Waals surface area contributed by atoms with Gasteiger partial charge < -0.3 is 5.32 Å². The van der Waals surface area contributed by atoms with Crippen LogP contribution in [0.1, 0.15) is 4.88 Å². The van der Waals surface area contributed by atoms with Crippen molar-refractivity contribution in [3.8, 4) is 0 Å². The lowest BCUT2D eigenvalue weighted by molar-refractivity contribution is -0.115. The molecule has 0 aliphatic heterocycles. The number of amides is 1. The number of carbonyl (C=O) groups excluding carboxylic acids is 1. The lowest BCUT2D eigenvalue weighted by Gasteiger charge is -2.05. The zero-order valence-electron chi connectivity index (χ0n) is 8.61. The highest BCUT2D eigenvalue weighted by Gasteiger charge is 2.08. The molecule has 0 spiro atoms. The monoisotopic (exact) mass is 286 g/mol. The zero-order chi connectivity index (χ0) is 12.3. The Morgan fingerprint density at radius 2 is 2.29 bits per heavy atom. The molecular formula is C11H8Cl2N2OS.